The molecule has 0 unspecified atom stereocenters. The number of rotatable bonds is 4. The molecule has 1 N–H and O–H groups in total. The highest BCUT2D eigenvalue weighted by molar-refractivity contribution is 6.15. The van der Waals surface area contributed by atoms with Gasteiger partial charge in [-0.1, -0.05) is 33.8 Å². The van der Waals surface area contributed by atoms with Crippen molar-refractivity contribution in [3.8, 4) is 0 Å². The summed E-state index contributed by atoms with van der Waals surface area (Å²) in [4.78, 5) is 36.7. The average molecular weight is 379 g/mol. The largest absolute Gasteiger partial charge is 0.478 e. The Kier molecular flexibility index (Phi) is 4.88. The van der Waals surface area contributed by atoms with Gasteiger partial charge < -0.3 is 5.11 Å². The molecule has 0 bridgehead atoms. The van der Waals surface area contributed by atoms with Gasteiger partial charge in [-0.25, -0.2) is 9.69 Å². The van der Waals surface area contributed by atoms with Gasteiger partial charge in [0, 0.05) is 5.56 Å². The van der Waals surface area contributed by atoms with Gasteiger partial charge in [-0.2, -0.15) is 0 Å². The van der Waals surface area contributed by atoms with E-state index < -0.39 is 11.9 Å². The van der Waals surface area contributed by atoms with E-state index in [0.717, 1.165) is 23.3 Å². The van der Waals surface area contributed by atoms with E-state index in [0.29, 0.717) is 17.7 Å². The summed E-state index contributed by atoms with van der Waals surface area (Å²) in [6.45, 7) is 8.78. The topological polar surface area (TPSA) is 74.7 Å². The summed E-state index contributed by atoms with van der Waals surface area (Å²) in [7, 11) is 0. The summed E-state index contributed by atoms with van der Waals surface area (Å²) in [5.41, 5.74) is 3.26. The number of benzene rings is 2. The van der Waals surface area contributed by atoms with Crippen molar-refractivity contribution in [2.75, 3.05) is 4.90 Å². The number of amides is 2. The molecule has 2 amide bonds. The third-order valence-electron chi connectivity index (χ3n) is 5.82. The number of nitrogens with zero attached hydrogens (tertiary/aromatic N) is 1. The maximum atomic E-state index is 13.0. The zero-order valence-electron chi connectivity index (χ0n) is 16.7. The van der Waals surface area contributed by atoms with Crippen molar-refractivity contribution < 1.29 is 19.5 Å². The number of carbonyl (C=O) groups is 3. The fraction of sp³-hybridized carbons (Fsp3) is 0.348. The lowest BCUT2D eigenvalue weighted by Gasteiger charge is -2.42. The molecule has 3 rings (SSSR count). The maximum absolute atomic E-state index is 13.0. The molecule has 2 aromatic carbocycles. The van der Waals surface area contributed by atoms with Gasteiger partial charge in [-0.3, -0.25) is 9.59 Å². The lowest BCUT2D eigenvalue weighted by atomic mass is 9.63. The van der Waals surface area contributed by atoms with E-state index >= 15 is 0 Å². The van der Waals surface area contributed by atoms with Gasteiger partial charge in [0.15, 0.2) is 0 Å². The van der Waals surface area contributed by atoms with E-state index in [1.807, 2.05) is 12.1 Å². The van der Waals surface area contributed by atoms with E-state index in [1.54, 1.807) is 6.07 Å². The van der Waals surface area contributed by atoms with Crippen LogP contribution in [0.25, 0.3) is 0 Å². The summed E-state index contributed by atoms with van der Waals surface area (Å²) in [6.07, 6.45) is 2.57. The summed E-state index contributed by atoms with van der Waals surface area (Å²) in [5.74, 6) is -1.49. The van der Waals surface area contributed by atoms with E-state index in [9.17, 15) is 14.4 Å². The Balaban J connectivity index is 1.99. The second kappa shape index (κ2) is 6.89. The first-order valence-corrected chi connectivity index (χ1v) is 9.34. The highest BCUT2D eigenvalue weighted by Gasteiger charge is 2.37. The van der Waals surface area contributed by atoms with E-state index in [-0.39, 0.29) is 16.4 Å². The van der Waals surface area contributed by atoms with Crippen molar-refractivity contribution in [2.45, 2.75) is 51.4 Å². The van der Waals surface area contributed by atoms with Gasteiger partial charge in [0.2, 0.25) is 6.41 Å². The molecule has 2 aromatic rings. The smallest absolute Gasteiger partial charge is 0.335 e. The van der Waals surface area contributed by atoms with Gasteiger partial charge >= 0.3 is 5.97 Å². The van der Waals surface area contributed by atoms with Crippen LogP contribution in [0.3, 0.4) is 0 Å². The van der Waals surface area contributed by atoms with Crippen LogP contribution in [0.5, 0.6) is 0 Å². The number of anilines is 1. The molecule has 5 nitrogen and oxygen atoms in total. The number of carbonyl (C=O) groups excluding carboxylic acids is 2. The Bertz CT molecular complexity index is 942. The first-order valence-electron chi connectivity index (χ1n) is 9.34. The fourth-order valence-corrected chi connectivity index (χ4v) is 3.85. The van der Waals surface area contributed by atoms with Crippen LogP contribution in [0, 0.1) is 0 Å². The molecule has 0 spiro atoms. The third kappa shape index (κ3) is 3.44. The lowest BCUT2D eigenvalue weighted by Crippen LogP contribution is -2.35. The zero-order chi connectivity index (χ0) is 20.7. The standard InChI is InChI=1S/C23H25NO4/c1-22(2)11-12-23(3,4)19-13-16(7-10-18(19)22)20(26)24(14-25)17-8-5-15(6-9-17)21(27)28/h5-10,13-14H,11-12H2,1-4H3,(H,27,28). The normalized spacial score (nSPS) is 16.7. The van der Waals surface area contributed by atoms with Crippen molar-refractivity contribution in [1.82, 2.24) is 0 Å². The molecule has 0 saturated carbocycles. The summed E-state index contributed by atoms with van der Waals surface area (Å²) in [5, 5.41) is 9.01. The van der Waals surface area contributed by atoms with Crippen LogP contribution in [0.1, 0.15) is 72.4 Å². The van der Waals surface area contributed by atoms with Crippen molar-refractivity contribution in [2.24, 2.45) is 0 Å². The number of imide groups is 1. The molecule has 1 aliphatic rings. The minimum atomic E-state index is -1.06. The van der Waals surface area contributed by atoms with Crippen LogP contribution in [0.4, 0.5) is 5.69 Å². The average Bonchev–Trinajstić information content (AvgIpc) is 2.66. The van der Waals surface area contributed by atoms with E-state index in [2.05, 4.69) is 27.7 Å². The van der Waals surface area contributed by atoms with Crippen molar-refractivity contribution in [1.29, 1.82) is 0 Å². The van der Waals surface area contributed by atoms with Crippen molar-refractivity contribution >= 4 is 24.0 Å². The lowest BCUT2D eigenvalue weighted by molar-refractivity contribution is -0.106. The molecule has 146 valence electrons. The SMILES string of the molecule is CC1(C)CCC(C)(C)c2cc(C(=O)N(C=O)c3ccc(C(=O)O)cc3)ccc21. The van der Waals surface area contributed by atoms with Crippen LogP contribution in [-0.2, 0) is 15.6 Å². The zero-order valence-corrected chi connectivity index (χ0v) is 16.7. The highest BCUT2D eigenvalue weighted by atomic mass is 16.4. The van der Waals surface area contributed by atoms with Gasteiger partial charge in [0.25, 0.3) is 5.91 Å². The number of aromatic carboxylic acids is 1. The monoisotopic (exact) mass is 379 g/mol. The van der Waals surface area contributed by atoms with Gasteiger partial charge in [0.05, 0.1) is 11.3 Å². The van der Waals surface area contributed by atoms with Crippen LogP contribution < -0.4 is 4.90 Å². The van der Waals surface area contributed by atoms with Gasteiger partial charge in [-0.05, 0) is 71.2 Å². The van der Waals surface area contributed by atoms with Crippen LogP contribution >= 0.6 is 0 Å². The number of hydrogen-bond acceptors (Lipinski definition) is 3. The molecule has 0 heterocycles. The predicted octanol–water partition coefficient (Wildman–Crippen LogP) is 4.54. The molecule has 28 heavy (non-hydrogen) atoms. The predicted molar refractivity (Wildman–Crippen MR) is 108 cm³/mol. The summed E-state index contributed by atoms with van der Waals surface area (Å²) in [6, 6.07) is 11.3. The number of fused-ring (bicyclic) bond motifs is 1. The Morgan fingerprint density at radius 3 is 1.96 bits per heavy atom. The maximum Gasteiger partial charge on any atom is 0.335 e. The van der Waals surface area contributed by atoms with Gasteiger partial charge in [-0.15, -0.1) is 0 Å². The molecule has 1 aliphatic carbocycles. The molecular weight excluding hydrogens is 354 g/mol. The number of hydrogen-bond donors (Lipinski definition) is 1. The molecule has 0 radical (unpaired) electrons. The molecule has 0 saturated heterocycles. The molecule has 0 atom stereocenters. The minimum Gasteiger partial charge on any atom is -0.478 e. The van der Waals surface area contributed by atoms with Crippen LogP contribution in [0.2, 0.25) is 0 Å². The minimum absolute atomic E-state index is 0.0451. The first kappa shape index (κ1) is 19.8. The van der Waals surface area contributed by atoms with Crippen molar-refractivity contribution in [3.63, 3.8) is 0 Å². The summed E-state index contributed by atoms with van der Waals surface area (Å²) >= 11 is 0. The van der Waals surface area contributed by atoms with Crippen LogP contribution in [-0.4, -0.2) is 23.4 Å². The first-order chi connectivity index (χ1) is 13.1. The number of carboxylic acids is 1. The Morgan fingerprint density at radius 1 is 0.893 bits per heavy atom. The second-order valence-corrected chi connectivity index (χ2v) is 8.66. The van der Waals surface area contributed by atoms with Gasteiger partial charge in [0.1, 0.15) is 0 Å². The molecule has 0 aliphatic heterocycles. The molecule has 0 fully saturated rings. The Morgan fingerprint density at radius 2 is 1.43 bits per heavy atom. The second-order valence-electron chi connectivity index (χ2n) is 8.66. The molecular formula is C23H25NO4. The molecule has 5 heteroatoms. The fourth-order valence-electron chi connectivity index (χ4n) is 3.85. The van der Waals surface area contributed by atoms with Crippen LogP contribution in [0.15, 0.2) is 42.5 Å². The Labute approximate surface area is 165 Å². The third-order valence-corrected chi connectivity index (χ3v) is 5.82. The Hall–Kier alpha value is -2.95. The summed E-state index contributed by atoms with van der Waals surface area (Å²) < 4.78 is 0. The van der Waals surface area contributed by atoms with E-state index in [4.69, 9.17) is 5.11 Å². The quantitative estimate of drug-likeness (QED) is 0.792. The number of carboxylic acid groups (broad SMARTS) is 1. The molecule has 0 aromatic heterocycles. The van der Waals surface area contributed by atoms with E-state index in [1.165, 1.54) is 29.8 Å². The van der Waals surface area contributed by atoms with Crippen molar-refractivity contribution in [3.05, 3.63) is 64.7 Å². The highest BCUT2D eigenvalue weighted by Crippen LogP contribution is 2.46.